The molecule has 25 heavy (non-hydrogen) atoms. The molecular weight excluding hydrogens is 334 g/mol. The number of nitrogens with zero attached hydrogens (tertiary/aromatic N) is 1. The second kappa shape index (κ2) is 6.23. The molecule has 0 unspecified atom stereocenters. The number of benzene rings is 2. The average molecular weight is 346 g/mol. The summed E-state index contributed by atoms with van der Waals surface area (Å²) in [6, 6.07) is 9.33. The van der Waals surface area contributed by atoms with Gasteiger partial charge >= 0.3 is 5.97 Å². The molecule has 2 aromatic carbocycles. The Kier molecular flexibility index (Phi) is 4.10. The topological polar surface area (TPSA) is 94.5 Å². The van der Waals surface area contributed by atoms with Gasteiger partial charge in [-0.2, -0.15) is 4.39 Å². The van der Waals surface area contributed by atoms with Crippen LogP contribution >= 0.6 is 0 Å². The molecule has 0 aliphatic rings. The third-order valence-corrected chi connectivity index (χ3v) is 3.62. The fourth-order valence-electron chi connectivity index (χ4n) is 2.44. The van der Waals surface area contributed by atoms with Crippen LogP contribution in [0.15, 0.2) is 47.4 Å². The number of rotatable bonds is 4. The van der Waals surface area contributed by atoms with Gasteiger partial charge in [-0.25, -0.2) is 9.18 Å². The van der Waals surface area contributed by atoms with Crippen LogP contribution in [0.25, 0.3) is 10.9 Å². The van der Waals surface area contributed by atoms with E-state index in [9.17, 15) is 18.4 Å². The normalized spacial score (nSPS) is 10.8. The van der Waals surface area contributed by atoms with Gasteiger partial charge in [-0.3, -0.25) is 9.47 Å². The molecule has 0 aliphatic heterocycles. The van der Waals surface area contributed by atoms with Crippen molar-refractivity contribution in [2.75, 3.05) is 5.84 Å². The zero-order valence-corrected chi connectivity index (χ0v) is 12.7. The van der Waals surface area contributed by atoms with Gasteiger partial charge in [0.1, 0.15) is 17.7 Å². The number of fused-ring (bicyclic) bond motifs is 1. The van der Waals surface area contributed by atoms with Crippen molar-refractivity contribution in [1.29, 1.82) is 0 Å². The van der Waals surface area contributed by atoms with E-state index < -0.39 is 34.3 Å². The maximum absolute atomic E-state index is 14.2. The van der Waals surface area contributed by atoms with Crippen molar-refractivity contribution in [2.45, 2.75) is 6.61 Å². The van der Waals surface area contributed by atoms with E-state index in [2.05, 4.69) is 0 Å². The van der Waals surface area contributed by atoms with Gasteiger partial charge in [0.2, 0.25) is 11.2 Å². The minimum absolute atomic E-state index is 0.0921. The number of hydrogen-bond donors (Lipinski definition) is 2. The number of nitrogen functional groups attached to an aromatic ring is 1. The number of carboxylic acids is 1. The second-order valence-electron chi connectivity index (χ2n) is 5.26. The van der Waals surface area contributed by atoms with Gasteiger partial charge < -0.3 is 15.7 Å². The van der Waals surface area contributed by atoms with Crippen molar-refractivity contribution in [3.8, 4) is 5.75 Å². The number of aromatic carboxylic acids is 1. The highest BCUT2D eigenvalue weighted by Gasteiger charge is 2.22. The molecule has 0 saturated heterocycles. The van der Waals surface area contributed by atoms with Crippen LogP contribution in [0.3, 0.4) is 0 Å². The van der Waals surface area contributed by atoms with E-state index in [0.717, 1.165) is 10.9 Å². The highest BCUT2D eigenvalue weighted by atomic mass is 19.2. The average Bonchev–Trinajstić information content (AvgIpc) is 2.59. The summed E-state index contributed by atoms with van der Waals surface area (Å²) in [5.74, 6) is 0.960. The first-order valence-corrected chi connectivity index (χ1v) is 7.12. The van der Waals surface area contributed by atoms with Crippen molar-refractivity contribution in [1.82, 2.24) is 4.68 Å². The van der Waals surface area contributed by atoms with Crippen molar-refractivity contribution in [3.05, 3.63) is 75.6 Å². The van der Waals surface area contributed by atoms with E-state index >= 15 is 0 Å². The van der Waals surface area contributed by atoms with Crippen LogP contribution in [0.2, 0.25) is 0 Å². The molecule has 1 aromatic heterocycles. The number of halogens is 2. The number of carboxylic acid groups (broad SMARTS) is 1. The molecule has 1 heterocycles. The van der Waals surface area contributed by atoms with E-state index in [4.69, 9.17) is 15.7 Å². The summed E-state index contributed by atoms with van der Waals surface area (Å²) in [7, 11) is 0. The van der Waals surface area contributed by atoms with Crippen molar-refractivity contribution in [2.24, 2.45) is 0 Å². The van der Waals surface area contributed by atoms with Crippen molar-refractivity contribution < 1.29 is 23.4 Å². The van der Waals surface area contributed by atoms with Gasteiger partial charge in [0.25, 0.3) is 0 Å². The lowest BCUT2D eigenvalue weighted by Gasteiger charge is -2.14. The number of ether oxygens (including phenoxy) is 1. The second-order valence-corrected chi connectivity index (χ2v) is 5.26. The minimum atomic E-state index is -1.53. The van der Waals surface area contributed by atoms with E-state index in [-0.39, 0.29) is 17.5 Å². The molecule has 128 valence electrons. The SMILES string of the molecule is Nn1cc(C(=O)O)c(=O)c2cc(F)c(F)c(OCc3ccccc3)c21. The lowest BCUT2D eigenvalue weighted by molar-refractivity contribution is 0.0695. The van der Waals surface area contributed by atoms with E-state index in [1.54, 1.807) is 30.3 Å². The van der Waals surface area contributed by atoms with Gasteiger partial charge in [0, 0.05) is 6.20 Å². The predicted octanol–water partition coefficient (Wildman–Crippen LogP) is 2.27. The predicted molar refractivity (Wildman–Crippen MR) is 86.0 cm³/mol. The zero-order chi connectivity index (χ0) is 18.1. The van der Waals surface area contributed by atoms with Crippen LogP contribution in [0, 0.1) is 11.6 Å². The molecule has 3 N–H and O–H groups in total. The molecule has 8 heteroatoms. The Balaban J connectivity index is 2.20. The van der Waals surface area contributed by atoms with Gasteiger partial charge in [0.05, 0.1) is 5.39 Å². The minimum Gasteiger partial charge on any atom is -0.483 e. The summed E-state index contributed by atoms with van der Waals surface area (Å²) < 4.78 is 34.2. The fourth-order valence-corrected chi connectivity index (χ4v) is 2.44. The van der Waals surface area contributed by atoms with Gasteiger partial charge in [0.15, 0.2) is 11.6 Å². The summed E-state index contributed by atoms with van der Waals surface area (Å²) in [5.41, 5.74) is -1.18. The highest BCUT2D eigenvalue weighted by Crippen LogP contribution is 2.30. The van der Waals surface area contributed by atoms with Gasteiger partial charge in [-0.1, -0.05) is 30.3 Å². The molecule has 0 bridgehead atoms. The molecule has 3 rings (SSSR count). The van der Waals surface area contributed by atoms with Crippen LogP contribution in [0.1, 0.15) is 15.9 Å². The van der Waals surface area contributed by atoms with Crippen LogP contribution in [-0.4, -0.2) is 15.8 Å². The summed E-state index contributed by atoms with van der Waals surface area (Å²) >= 11 is 0. The Morgan fingerprint density at radius 3 is 2.56 bits per heavy atom. The standard InChI is InChI=1S/C17H12F2N2O4/c18-12-6-10-14(21(20)7-11(15(10)22)17(23)24)16(13(12)19)25-8-9-4-2-1-3-5-9/h1-7H,8,20H2,(H,23,24). The van der Waals surface area contributed by atoms with Gasteiger partial charge in [-0.05, 0) is 11.6 Å². The molecule has 0 atom stereocenters. The van der Waals surface area contributed by atoms with Crippen LogP contribution in [0.5, 0.6) is 5.75 Å². The first-order chi connectivity index (χ1) is 11.9. The monoisotopic (exact) mass is 346 g/mol. The van der Waals surface area contributed by atoms with Crippen molar-refractivity contribution in [3.63, 3.8) is 0 Å². The Morgan fingerprint density at radius 2 is 1.92 bits per heavy atom. The summed E-state index contributed by atoms with van der Waals surface area (Å²) in [6.45, 7) is -0.0921. The van der Waals surface area contributed by atoms with Crippen LogP contribution in [-0.2, 0) is 6.61 Å². The van der Waals surface area contributed by atoms with Crippen LogP contribution < -0.4 is 16.0 Å². The molecule has 6 nitrogen and oxygen atoms in total. The maximum Gasteiger partial charge on any atom is 0.341 e. The fraction of sp³-hybridized carbons (Fsp3) is 0.0588. The van der Waals surface area contributed by atoms with Crippen LogP contribution in [0.4, 0.5) is 8.78 Å². The Morgan fingerprint density at radius 1 is 1.24 bits per heavy atom. The molecule has 0 amide bonds. The summed E-state index contributed by atoms with van der Waals surface area (Å²) in [6.07, 6.45) is 0.833. The smallest absolute Gasteiger partial charge is 0.341 e. The molecule has 0 spiro atoms. The lowest BCUT2D eigenvalue weighted by atomic mass is 10.1. The number of hydrogen-bond acceptors (Lipinski definition) is 4. The number of aromatic nitrogens is 1. The first-order valence-electron chi connectivity index (χ1n) is 7.12. The van der Waals surface area contributed by atoms with E-state index in [1.165, 1.54) is 0 Å². The third-order valence-electron chi connectivity index (χ3n) is 3.62. The first kappa shape index (κ1) is 16.4. The number of nitrogens with two attached hydrogens (primary N) is 1. The summed E-state index contributed by atoms with van der Waals surface area (Å²) in [4.78, 5) is 23.3. The summed E-state index contributed by atoms with van der Waals surface area (Å²) in [5, 5.41) is 8.64. The lowest BCUT2D eigenvalue weighted by Crippen LogP contribution is -2.23. The van der Waals surface area contributed by atoms with Gasteiger partial charge in [-0.15, -0.1) is 0 Å². The highest BCUT2D eigenvalue weighted by molar-refractivity contribution is 5.94. The number of carbonyl (C=O) groups is 1. The molecule has 0 radical (unpaired) electrons. The number of pyridine rings is 1. The van der Waals surface area contributed by atoms with E-state index in [1.807, 2.05) is 0 Å². The Labute approximate surface area is 139 Å². The van der Waals surface area contributed by atoms with Crippen molar-refractivity contribution >= 4 is 16.9 Å². The molecule has 0 aliphatic carbocycles. The molecule has 0 saturated carbocycles. The quantitative estimate of drug-likeness (QED) is 0.707. The largest absolute Gasteiger partial charge is 0.483 e. The molecule has 0 fully saturated rings. The third kappa shape index (κ3) is 2.89. The van der Waals surface area contributed by atoms with E-state index in [0.29, 0.717) is 11.6 Å². The molecular formula is C17H12F2N2O4. The Hall–Kier alpha value is -3.42. The maximum atomic E-state index is 14.2. The zero-order valence-electron chi connectivity index (χ0n) is 12.7. The molecule has 3 aromatic rings. The Bertz CT molecular complexity index is 1030.